The van der Waals surface area contributed by atoms with Gasteiger partial charge in [0, 0.05) is 25.9 Å². The van der Waals surface area contributed by atoms with Gasteiger partial charge in [0.15, 0.2) is 0 Å². The molecule has 0 unspecified atom stereocenters. The van der Waals surface area contributed by atoms with Crippen molar-refractivity contribution in [3.8, 4) is 0 Å². The summed E-state index contributed by atoms with van der Waals surface area (Å²) in [7, 11) is 1.67. The molecule has 0 saturated heterocycles. The molecule has 0 fully saturated rings. The molecular formula is C15H22N2O4. The number of ether oxygens (including phenoxy) is 1. The van der Waals surface area contributed by atoms with Gasteiger partial charge < -0.3 is 20.5 Å². The van der Waals surface area contributed by atoms with Gasteiger partial charge in [0.1, 0.15) is 0 Å². The van der Waals surface area contributed by atoms with Crippen molar-refractivity contribution in [2.45, 2.75) is 25.7 Å². The molecule has 0 aliphatic rings. The first-order chi connectivity index (χ1) is 10.1. The quantitative estimate of drug-likeness (QED) is 0.610. The molecule has 0 bridgehead atoms. The number of unbranched alkanes of at least 4 members (excludes halogenated alkanes) is 2. The molecule has 0 aliphatic carbocycles. The third-order valence-electron chi connectivity index (χ3n) is 2.92. The van der Waals surface area contributed by atoms with Crippen LogP contribution in [0.2, 0.25) is 0 Å². The number of carbonyl (C=O) groups excluding carboxylic acids is 1. The summed E-state index contributed by atoms with van der Waals surface area (Å²) in [4.78, 5) is 22.5. The second-order valence-corrected chi connectivity index (χ2v) is 4.66. The topological polar surface area (TPSA) is 87.7 Å². The van der Waals surface area contributed by atoms with Crippen molar-refractivity contribution in [3.05, 3.63) is 29.8 Å². The number of hydrogen-bond acceptors (Lipinski definition) is 3. The number of carboxylic acids is 1. The molecule has 0 heterocycles. The molecule has 0 aromatic heterocycles. The van der Waals surface area contributed by atoms with Crippen LogP contribution in [0, 0.1) is 0 Å². The maximum atomic E-state index is 11.7. The minimum Gasteiger partial charge on any atom is -0.481 e. The van der Waals surface area contributed by atoms with Crippen LogP contribution >= 0.6 is 0 Å². The molecule has 0 atom stereocenters. The summed E-state index contributed by atoms with van der Waals surface area (Å²) < 4.78 is 4.95. The molecule has 2 amide bonds. The Hall–Kier alpha value is -2.08. The molecule has 1 rings (SSSR count). The number of rotatable bonds is 9. The zero-order valence-corrected chi connectivity index (χ0v) is 12.2. The average molecular weight is 294 g/mol. The number of para-hydroxylation sites is 1. The Morgan fingerprint density at radius 2 is 1.95 bits per heavy atom. The lowest BCUT2D eigenvalue weighted by molar-refractivity contribution is -0.136. The maximum absolute atomic E-state index is 11.7. The van der Waals surface area contributed by atoms with Crippen LogP contribution in [0.1, 0.15) is 24.8 Å². The summed E-state index contributed by atoms with van der Waals surface area (Å²) in [6.45, 7) is 1.31. The van der Waals surface area contributed by atoms with E-state index >= 15 is 0 Å². The monoisotopic (exact) mass is 294 g/mol. The normalized spacial score (nSPS) is 10.1. The summed E-state index contributed by atoms with van der Waals surface area (Å²) in [6.07, 6.45) is 2.73. The Morgan fingerprint density at radius 3 is 2.67 bits per heavy atom. The Bertz CT molecular complexity index is 463. The van der Waals surface area contributed by atoms with Gasteiger partial charge in [-0.25, -0.2) is 4.79 Å². The average Bonchev–Trinajstić information content (AvgIpc) is 2.44. The lowest BCUT2D eigenvalue weighted by atomic mass is 10.1. The minimum atomic E-state index is -0.928. The Morgan fingerprint density at radius 1 is 1.19 bits per heavy atom. The van der Waals surface area contributed by atoms with Gasteiger partial charge in [-0.3, -0.25) is 4.79 Å². The van der Waals surface area contributed by atoms with E-state index in [2.05, 4.69) is 10.6 Å². The minimum absolute atomic E-state index is 0.118. The van der Waals surface area contributed by atoms with Crippen LogP contribution in [0.25, 0.3) is 0 Å². The van der Waals surface area contributed by atoms with Crippen LogP contribution in [0.5, 0.6) is 0 Å². The van der Waals surface area contributed by atoms with Gasteiger partial charge in [0.25, 0.3) is 0 Å². The first kappa shape index (κ1) is 17.0. The highest BCUT2D eigenvalue weighted by molar-refractivity contribution is 5.90. The smallest absolute Gasteiger partial charge is 0.319 e. The lowest BCUT2D eigenvalue weighted by Crippen LogP contribution is -2.30. The van der Waals surface area contributed by atoms with E-state index in [1.807, 2.05) is 0 Å². The number of amides is 2. The SMILES string of the molecule is COCCCCCNC(=O)Nc1ccccc1CC(=O)O. The fraction of sp³-hybridized carbons (Fsp3) is 0.467. The number of hydrogen-bond donors (Lipinski definition) is 3. The van der Waals surface area contributed by atoms with Gasteiger partial charge in [-0.15, -0.1) is 0 Å². The van der Waals surface area contributed by atoms with Crippen LogP contribution in [-0.4, -0.2) is 37.4 Å². The van der Waals surface area contributed by atoms with E-state index in [4.69, 9.17) is 9.84 Å². The lowest BCUT2D eigenvalue weighted by Gasteiger charge is -2.10. The summed E-state index contributed by atoms with van der Waals surface area (Å²) in [5, 5.41) is 14.3. The Balaban J connectivity index is 2.35. The number of benzene rings is 1. The van der Waals surface area contributed by atoms with E-state index in [0.29, 0.717) is 17.8 Å². The van der Waals surface area contributed by atoms with Crippen LogP contribution in [-0.2, 0) is 16.0 Å². The number of carboxylic acid groups (broad SMARTS) is 1. The summed E-state index contributed by atoms with van der Waals surface area (Å²) >= 11 is 0. The summed E-state index contributed by atoms with van der Waals surface area (Å²) in [5.74, 6) is -0.928. The third-order valence-corrected chi connectivity index (χ3v) is 2.92. The number of nitrogens with one attached hydrogen (secondary N) is 2. The highest BCUT2D eigenvalue weighted by Crippen LogP contribution is 2.15. The first-order valence-corrected chi connectivity index (χ1v) is 6.97. The van der Waals surface area contributed by atoms with E-state index in [9.17, 15) is 9.59 Å². The molecule has 0 radical (unpaired) electrons. The van der Waals surface area contributed by atoms with Crippen LogP contribution in [0.4, 0.5) is 10.5 Å². The van der Waals surface area contributed by atoms with Gasteiger partial charge in [-0.2, -0.15) is 0 Å². The van der Waals surface area contributed by atoms with E-state index in [1.165, 1.54) is 0 Å². The van der Waals surface area contributed by atoms with Crippen molar-refractivity contribution in [3.63, 3.8) is 0 Å². The number of carbonyl (C=O) groups is 2. The fourth-order valence-corrected chi connectivity index (χ4v) is 1.88. The van der Waals surface area contributed by atoms with Gasteiger partial charge >= 0.3 is 12.0 Å². The largest absolute Gasteiger partial charge is 0.481 e. The van der Waals surface area contributed by atoms with Crippen LogP contribution in [0.15, 0.2) is 24.3 Å². The molecule has 0 spiro atoms. The number of aliphatic carboxylic acids is 1. The van der Waals surface area contributed by atoms with E-state index in [-0.39, 0.29) is 12.5 Å². The molecule has 6 nitrogen and oxygen atoms in total. The molecule has 1 aromatic rings. The van der Waals surface area contributed by atoms with E-state index in [0.717, 1.165) is 25.9 Å². The van der Waals surface area contributed by atoms with Gasteiger partial charge in [-0.1, -0.05) is 18.2 Å². The number of methoxy groups -OCH3 is 1. The molecule has 3 N–H and O–H groups in total. The first-order valence-electron chi connectivity index (χ1n) is 6.97. The van der Waals surface area contributed by atoms with Crippen molar-refractivity contribution < 1.29 is 19.4 Å². The zero-order chi connectivity index (χ0) is 15.5. The van der Waals surface area contributed by atoms with Crippen LogP contribution in [0.3, 0.4) is 0 Å². The van der Waals surface area contributed by atoms with Crippen molar-refractivity contribution in [1.29, 1.82) is 0 Å². The van der Waals surface area contributed by atoms with Crippen molar-refractivity contribution >= 4 is 17.7 Å². The standard InChI is InChI=1S/C15H22N2O4/c1-21-10-6-2-5-9-16-15(20)17-13-8-4-3-7-12(13)11-14(18)19/h3-4,7-8H,2,5-6,9-11H2,1H3,(H,18,19)(H2,16,17,20). The molecular weight excluding hydrogens is 272 g/mol. The predicted octanol–water partition coefficient (Wildman–Crippen LogP) is 2.25. The van der Waals surface area contributed by atoms with Crippen LogP contribution < -0.4 is 10.6 Å². The second kappa shape index (κ2) is 9.77. The second-order valence-electron chi connectivity index (χ2n) is 4.66. The summed E-state index contributed by atoms with van der Waals surface area (Å²) in [5.41, 5.74) is 1.11. The molecule has 0 saturated carbocycles. The molecule has 116 valence electrons. The summed E-state index contributed by atoms with van der Waals surface area (Å²) in [6, 6.07) is 6.56. The van der Waals surface area contributed by atoms with Gasteiger partial charge in [-0.05, 0) is 30.9 Å². The van der Waals surface area contributed by atoms with Gasteiger partial charge in [0.2, 0.25) is 0 Å². The Kier molecular flexibility index (Phi) is 7.89. The van der Waals surface area contributed by atoms with E-state index in [1.54, 1.807) is 31.4 Å². The van der Waals surface area contributed by atoms with Crippen molar-refractivity contribution in [2.75, 3.05) is 25.6 Å². The number of anilines is 1. The molecule has 6 heteroatoms. The van der Waals surface area contributed by atoms with Crippen molar-refractivity contribution in [1.82, 2.24) is 5.32 Å². The van der Waals surface area contributed by atoms with Gasteiger partial charge in [0.05, 0.1) is 6.42 Å². The Labute approximate surface area is 124 Å². The number of urea groups is 1. The maximum Gasteiger partial charge on any atom is 0.319 e. The predicted molar refractivity (Wildman–Crippen MR) is 80.5 cm³/mol. The highest BCUT2D eigenvalue weighted by atomic mass is 16.5. The molecule has 1 aromatic carbocycles. The van der Waals surface area contributed by atoms with Crippen molar-refractivity contribution in [2.24, 2.45) is 0 Å². The fourth-order valence-electron chi connectivity index (χ4n) is 1.88. The molecule has 21 heavy (non-hydrogen) atoms. The molecule has 0 aliphatic heterocycles. The zero-order valence-electron chi connectivity index (χ0n) is 12.2. The third kappa shape index (κ3) is 7.31. The van der Waals surface area contributed by atoms with E-state index < -0.39 is 5.97 Å². The highest BCUT2D eigenvalue weighted by Gasteiger charge is 2.08.